The maximum Gasteiger partial charge on any atom is 0.407 e. The molecule has 0 atom stereocenters. The Morgan fingerprint density at radius 3 is 2.25 bits per heavy atom. The molecule has 0 bridgehead atoms. The molecule has 6 nitrogen and oxygen atoms in total. The van der Waals surface area contributed by atoms with E-state index in [1.807, 2.05) is 30.3 Å². The van der Waals surface area contributed by atoms with Crippen LogP contribution in [0.1, 0.15) is 15.9 Å². The van der Waals surface area contributed by atoms with Crippen molar-refractivity contribution in [2.24, 2.45) is 0 Å². The van der Waals surface area contributed by atoms with Gasteiger partial charge < -0.3 is 20.1 Å². The Hall–Kier alpha value is -3.02. The van der Waals surface area contributed by atoms with Crippen LogP contribution in [0.25, 0.3) is 0 Å². The van der Waals surface area contributed by atoms with Crippen molar-refractivity contribution in [3.8, 4) is 5.75 Å². The fourth-order valence-corrected chi connectivity index (χ4v) is 1.96. The number of ether oxygens (including phenoxy) is 2. The third-order valence-electron chi connectivity index (χ3n) is 3.24. The number of hydrogen-bond donors (Lipinski definition) is 2. The molecule has 0 fully saturated rings. The van der Waals surface area contributed by atoms with Crippen LogP contribution in [-0.4, -0.2) is 32.2 Å². The van der Waals surface area contributed by atoms with Crippen molar-refractivity contribution < 1.29 is 19.1 Å². The first-order chi connectivity index (χ1) is 11.7. The number of rotatable bonds is 7. The molecular weight excluding hydrogens is 308 g/mol. The van der Waals surface area contributed by atoms with Crippen LogP contribution in [0.3, 0.4) is 0 Å². The Kier molecular flexibility index (Phi) is 6.64. The summed E-state index contributed by atoms with van der Waals surface area (Å²) in [5.41, 5.74) is 1.45. The Morgan fingerprint density at radius 1 is 0.917 bits per heavy atom. The summed E-state index contributed by atoms with van der Waals surface area (Å²) in [5, 5.41) is 5.30. The van der Waals surface area contributed by atoms with Gasteiger partial charge in [0.05, 0.1) is 7.11 Å². The number of carbonyl (C=O) groups is 2. The first-order valence-electron chi connectivity index (χ1n) is 7.56. The minimum atomic E-state index is -0.516. The molecular formula is C18H20N2O4. The van der Waals surface area contributed by atoms with Crippen LogP contribution in [0.15, 0.2) is 54.6 Å². The van der Waals surface area contributed by atoms with E-state index in [1.54, 1.807) is 31.4 Å². The quantitative estimate of drug-likeness (QED) is 0.765. The molecule has 0 spiro atoms. The molecule has 2 rings (SSSR count). The first kappa shape index (κ1) is 17.3. The van der Waals surface area contributed by atoms with Crippen molar-refractivity contribution in [2.75, 3.05) is 20.2 Å². The molecule has 0 unspecified atom stereocenters. The maximum absolute atomic E-state index is 11.9. The lowest BCUT2D eigenvalue weighted by molar-refractivity contribution is 0.0951. The van der Waals surface area contributed by atoms with E-state index < -0.39 is 6.09 Å². The number of hydrogen-bond acceptors (Lipinski definition) is 4. The summed E-state index contributed by atoms with van der Waals surface area (Å²) in [7, 11) is 1.57. The predicted octanol–water partition coefficient (Wildman–Crippen LogP) is 2.35. The van der Waals surface area contributed by atoms with E-state index in [0.29, 0.717) is 17.9 Å². The van der Waals surface area contributed by atoms with E-state index in [4.69, 9.17) is 9.47 Å². The second-order valence-corrected chi connectivity index (χ2v) is 4.97. The van der Waals surface area contributed by atoms with Crippen LogP contribution in [0.2, 0.25) is 0 Å². The molecule has 0 heterocycles. The van der Waals surface area contributed by atoms with Gasteiger partial charge in [-0.05, 0) is 29.8 Å². The van der Waals surface area contributed by atoms with E-state index in [0.717, 1.165) is 5.56 Å². The lowest BCUT2D eigenvalue weighted by Crippen LogP contribution is -2.34. The fourth-order valence-electron chi connectivity index (χ4n) is 1.96. The highest BCUT2D eigenvalue weighted by molar-refractivity contribution is 5.94. The Morgan fingerprint density at radius 2 is 1.58 bits per heavy atom. The molecule has 6 heteroatoms. The molecule has 0 saturated carbocycles. The largest absolute Gasteiger partial charge is 0.497 e. The maximum atomic E-state index is 11.9. The first-order valence-corrected chi connectivity index (χ1v) is 7.56. The van der Waals surface area contributed by atoms with E-state index >= 15 is 0 Å². The van der Waals surface area contributed by atoms with E-state index in [-0.39, 0.29) is 19.1 Å². The molecule has 24 heavy (non-hydrogen) atoms. The molecule has 2 amide bonds. The van der Waals surface area contributed by atoms with Gasteiger partial charge in [-0.3, -0.25) is 4.79 Å². The van der Waals surface area contributed by atoms with Crippen LogP contribution >= 0.6 is 0 Å². The second kappa shape index (κ2) is 9.19. The number of alkyl carbamates (subject to hydrolysis) is 1. The third kappa shape index (κ3) is 5.64. The SMILES string of the molecule is COc1ccc(C(=O)NCCNC(=O)OCc2ccccc2)cc1. The number of methoxy groups -OCH3 is 1. The Balaban J connectivity index is 1.63. The van der Waals surface area contributed by atoms with Crippen LogP contribution in [0.4, 0.5) is 4.79 Å². The van der Waals surface area contributed by atoms with E-state index in [1.165, 1.54) is 0 Å². The van der Waals surface area contributed by atoms with Gasteiger partial charge in [-0.15, -0.1) is 0 Å². The highest BCUT2D eigenvalue weighted by Crippen LogP contribution is 2.10. The van der Waals surface area contributed by atoms with Gasteiger partial charge >= 0.3 is 6.09 Å². The van der Waals surface area contributed by atoms with Gasteiger partial charge in [-0.2, -0.15) is 0 Å². The minimum absolute atomic E-state index is 0.211. The molecule has 0 saturated heterocycles. The summed E-state index contributed by atoms with van der Waals surface area (Å²) in [6.07, 6.45) is -0.516. The molecule has 0 aliphatic rings. The molecule has 126 valence electrons. The summed E-state index contributed by atoms with van der Waals surface area (Å²) in [5.74, 6) is 0.478. The molecule has 0 aromatic heterocycles. The van der Waals surface area contributed by atoms with Crippen molar-refractivity contribution in [2.45, 2.75) is 6.61 Å². The topological polar surface area (TPSA) is 76.7 Å². The van der Waals surface area contributed by atoms with Gasteiger partial charge in [0.15, 0.2) is 0 Å². The molecule has 0 aliphatic carbocycles. The zero-order valence-corrected chi connectivity index (χ0v) is 13.5. The monoisotopic (exact) mass is 328 g/mol. The van der Waals surface area contributed by atoms with Crippen molar-refractivity contribution in [1.82, 2.24) is 10.6 Å². The molecule has 2 aromatic rings. The molecule has 2 N–H and O–H groups in total. The highest BCUT2D eigenvalue weighted by Gasteiger charge is 2.06. The summed E-state index contributed by atoms with van der Waals surface area (Å²) in [6.45, 7) is 0.811. The van der Waals surface area contributed by atoms with Gasteiger partial charge in [0, 0.05) is 18.7 Å². The summed E-state index contributed by atoms with van der Waals surface area (Å²) in [6, 6.07) is 16.2. The average molecular weight is 328 g/mol. The van der Waals surface area contributed by atoms with Gasteiger partial charge in [-0.1, -0.05) is 30.3 Å². The number of amides is 2. The summed E-state index contributed by atoms with van der Waals surface area (Å²) in [4.78, 5) is 23.4. The standard InChI is InChI=1S/C18H20N2O4/c1-23-16-9-7-15(8-10-16)17(21)19-11-12-20-18(22)24-13-14-5-3-2-4-6-14/h2-10H,11-13H2,1H3,(H,19,21)(H,20,22). The molecule has 2 aromatic carbocycles. The van der Waals surface area contributed by atoms with E-state index in [9.17, 15) is 9.59 Å². The Labute approximate surface area is 140 Å². The average Bonchev–Trinajstić information content (AvgIpc) is 2.64. The Bertz CT molecular complexity index is 656. The van der Waals surface area contributed by atoms with Gasteiger partial charge in [0.25, 0.3) is 5.91 Å². The number of nitrogens with one attached hydrogen (secondary N) is 2. The smallest absolute Gasteiger partial charge is 0.407 e. The predicted molar refractivity (Wildman–Crippen MR) is 90.0 cm³/mol. The van der Waals surface area contributed by atoms with Crippen LogP contribution in [-0.2, 0) is 11.3 Å². The van der Waals surface area contributed by atoms with Crippen molar-refractivity contribution in [3.63, 3.8) is 0 Å². The van der Waals surface area contributed by atoms with Gasteiger partial charge in [0.2, 0.25) is 0 Å². The number of benzene rings is 2. The lowest BCUT2D eigenvalue weighted by Gasteiger charge is -2.08. The lowest BCUT2D eigenvalue weighted by atomic mass is 10.2. The normalized spacial score (nSPS) is 9.88. The minimum Gasteiger partial charge on any atom is -0.497 e. The molecule has 0 aliphatic heterocycles. The van der Waals surface area contributed by atoms with Crippen LogP contribution in [0, 0.1) is 0 Å². The summed E-state index contributed by atoms with van der Waals surface area (Å²) >= 11 is 0. The van der Waals surface area contributed by atoms with Crippen LogP contribution < -0.4 is 15.4 Å². The van der Waals surface area contributed by atoms with Crippen molar-refractivity contribution in [3.05, 3.63) is 65.7 Å². The summed E-state index contributed by atoms with van der Waals surface area (Å²) < 4.78 is 10.1. The van der Waals surface area contributed by atoms with Crippen molar-refractivity contribution in [1.29, 1.82) is 0 Å². The molecule has 0 radical (unpaired) electrons. The second-order valence-electron chi connectivity index (χ2n) is 4.97. The van der Waals surface area contributed by atoms with Gasteiger partial charge in [0.1, 0.15) is 12.4 Å². The third-order valence-corrected chi connectivity index (χ3v) is 3.24. The van der Waals surface area contributed by atoms with Gasteiger partial charge in [-0.25, -0.2) is 4.79 Å². The zero-order chi connectivity index (χ0) is 17.2. The fraction of sp³-hybridized carbons (Fsp3) is 0.222. The van der Waals surface area contributed by atoms with E-state index in [2.05, 4.69) is 10.6 Å². The van der Waals surface area contributed by atoms with Crippen molar-refractivity contribution >= 4 is 12.0 Å². The highest BCUT2D eigenvalue weighted by atomic mass is 16.5. The van der Waals surface area contributed by atoms with Crippen LogP contribution in [0.5, 0.6) is 5.75 Å². The number of carbonyl (C=O) groups excluding carboxylic acids is 2. The zero-order valence-electron chi connectivity index (χ0n) is 13.5.